The van der Waals surface area contributed by atoms with Crippen LogP contribution < -0.4 is 10.9 Å². The number of nitrogens with one attached hydrogen (secondary N) is 1. The average Bonchev–Trinajstić information content (AvgIpc) is 2.58. The molecule has 0 aliphatic carbocycles. The van der Waals surface area contributed by atoms with E-state index in [-0.39, 0.29) is 21.8 Å². The zero-order valence-electron chi connectivity index (χ0n) is 13.2. The van der Waals surface area contributed by atoms with Crippen LogP contribution in [0.3, 0.4) is 0 Å². The summed E-state index contributed by atoms with van der Waals surface area (Å²) in [6, 6.07) is 7.08. The number of hydrogen-bond donors (Lipinski definition) is 1. The second-order valence-electron chi connectivity index (χ2n) is 4.92. The Morgan fingerprint density at radius 3 is 2.71 bits per heavy atom. The predicted octanol–water partition coefficient (Wildman–Crippen LogP) is 2.35. The van der Waals surface area contributed by atoms with Gasteiger partial charge in [0.2, 0.25) is 0 Å². The van der Waals surface area contributed by atoms with Crippen molar-refractivity contribution < 1.29 is 14.3 Å². The lowest BCUT2D eigenvalue weighted by atomic mass is 10.2. The summed E-state index contributed by atoms with van der Waals surface area (Å²) in [6.45, 7) is 2.33. The normalized spacial score (nSPS) is 10.3. The Hall–Kier alpha value is -2.67. The van der Waals surface area contributed by atoms with E-state index >= 15 is 0 Å². The van der Waals surface area contributed by atoms with Crippen LogP contribution in [0.5, 0.6) is 0 Å². The van der Waals surface area contributed by atoms with Crippen LogP contribution in [-0.2, 0) is 11.3 Å². The molecule has 0 aliphatic rings. The van der Waals surface area contributed by atoms with Crippen LogP contribution in [-0.4, -0.2) is 28.8 Å². The molecular formula is C16H16ClN3O4. The van der Waals surface area contributed by atoms with Gasteiger partial charge in [0.1, 0.15) is 5.69 Å². The highest BCUT2D eigenvalue weighted by molar-refractivity contribution is 6.33. The lowest BCUT2D eigenvalue weighted by Crippen LogP contribution is -2.26. The van der Waals surface area contributed by atoms with Crippen molar-refractivity contribution >= 4 is 29.2 Å². The summed E-state index contributed by atoms with van der Waals surface area (Å²) in [5.74, 6) is -1.11. The SMILES string of the molecule is CCCn1nc(C(=O)Nc2ccc(Cl)c(C(=O)OC)c2)ccc1=O. The van der Waals surface area contributed by atoms with Crippen molar-refractivity contribution in [1.82, 2.24) is 9.78 Å². The van der Waals surface area contributed by atoms with Gasteiger partial charge in [-0.2, -0.15) is 5.10 Å². The summed E-state index contributed by atoms with van der Waals surface area (Å²) in [5.41, 5.74) is 0.325. The third-order valence-electron chi connectivity index (χ3n) is 3.16. The van der Waals surface area contributed by atoms with E-state index < -0.39 is 11.9 Å². The summed E-state index contributed by atoms with van der Waals surface area (Å²) in [5, 5.41) is 6.85. The summed E-state index contributed by atoms with van der Waals surface area (Å²) in [6.07, 6.45) is 0.720. The molecule has 0 aliphatic heterocycles. The van der Waals surface area contributed by atoms with Gasteiger partial charge in [0.15, 0.2) is 0 Å². The minimum absolute atomic E-state index is 0.0950. The second kappa shape index (κ2) is 7.74. The Balaban J connectivity index is 2.25. The molecule has 0 unspecified atom stereocenters. The molecule has 0 spiro atoms. The van der Waals surface area contributed by atoms with Gasteiger partial charge in [-0.05, 0) is 30.7 Å². The Kier molecular flexibility index (Phi) is 5.70. The fourth-order valence-electron chi connectivity index (χ4n) is 2.01. The molecule has 0 saturated carbocycles. The van der Waals surface area contributed by atoms with E-state index in [1.165, 1.54) is 36.1 Å². The zero-order chi connectivity index (χ0) is 17.7. The molecule has 2 rings (SSSR count). The molecule has 1 aromatic carbocycles. The molecule has 1 amide bonds. The van der Waals surface area contributed by atoms with E-state index in [2.05, 4.69) is 15.2 Å². The van der Waals surface area contributed by atoms with Gasteiger partial charge in [0.05, 0.1) is 17.7 Å². The van der Waals surface area contributed by atoms with Crippen molar-refractivity contribution in [3.05, 3.63) is 57.0 Å². The number of carbonyl (C=O) groups excluding carboxylic acids is 2. The van der Waals surface area contributed by atoms with Crippen LogP contribution in [0, 0.1) is 0 Å². The molecule has 2 aromatic rings. The van der Waals surface area contributed by atoms with Crippen molar-refractivity contribution in [3.63, 3.8) is 0 Å². The third-order valence-corrected chi connectivity index (χ3v) is 3.49. The highest BCUT2D eigenvalue weighted by Gasteiger charge is 2.14. The van der Waals surface area contributed by atoms with Crippen LogP contribution in [0.15, 0.2) is 35.1 Å². The molecule has 0 saturated heterocycles. The van der Waals surface area contributed by atoms with Crippen LogP contribution in [0.25, 0.3) is 0 Å². The number of benzene rings is 1. The van der Waals surface area contributed by atoms with Crippen LogP contribution in [0.4, 0.5) is 5.69 Å². The van der Waals surface area contributed by atoms with Gasteiger partial charge in [-0.25, -0.2) is 9.48 Å². The molecule has 8 heteroatoms. The van der Waals surface area contributed by atoms with E-state index in [1.54, 1.807) is 6.07 Å². The molecule has 1 aromatic heterocycles. The van der Waals surface area contributed by atoms with Crippen molar-refractivity contribution in [2.45, 2.75) is 19.9 Å². The third kappa shape index (κ3) is 3.99. The van der Waals surface area contributed by atoms with Crippen LogP contribution in [0.1, 0.15) is 34.2 Å². The van der Waals surface area contributed by atoms with Crippen molar-refractivity contribution in [2.75, 3.05) is 12.4 Å². The number of hydrogen-bond acceptors (Lipinski definition) is 5. The number of aryl methyl sites for hydroxylation is 1. The average molecular weight is 350 g/mol. The summed E-state index contributed by atoms with van der Waals surface area (Å²) >= 11 is 5.93. The Morgan fingerprint density at radius 2 is 2.04 bits per heavy atom. The maximum Gasteiger partial charge on any atom is 0.339 e. The molecule has 0 fully saturated rings. The predicted molar refractivity (Wildman–Crippen MR) is 89.5 cm³/mol. The Labute approximate surface area is 143 Å². The maximum atomic E-state index is 12.3. The fraction of sp³-hybridized carbons (Fsp3) is 0.250. The van der Waals surface area contributed by atoms with Crippen LogP contribution >= 0.6 is 11.6 Å². The smallest absolute Gasteiger partial charge is 0.339 e. The minimum Gasteiger partial charge on any atom is -0.465 e. The number of nitrogens with zero attached hydrogens (tertiary/aromatic N) is 2. The number of anilines is 1. The highest BCUT2D eigenvalue weighted by Crippen LogP contribution is 2.21. The van der Waals surface area contributed by atoms with Gasteiger partial charge in [-0.1, -0.05) is 18.5 Å². The number of amides is 1. The van der Waals surface area contributed by atoms with E-state index in [0.717, 1.165) is 6.42 Å². The highest BCUT2D eigenvalue weighted by atomic mass is 35.5. The number of methoxy groups -OCH3 is 1. The minimum atomic E-state index is -0.606. The van der Waals surface area contributed by atoms with E-state index in [0.29, 0.717) is 12.2 Å². The molecule has 24 heavy (non-hydrogen) atoms. The van der Waals surface area contributed by atoms with Crippen LogP contribution in [0.2, 0.25) is 5.02 Å². The first-order valence-electron chi connectivity index (χ1n) is 7.23. The van der Waals surface area contributed by atoms with Gasteiger partial charge in [0.25, 0.3) is 11.5 Å². The topological polar surface area (TPSA) is 90.3 Å². The van der Waals surface area contributed by atoms with Gasteiger partial charge in [-0.15, -0.1) is 0 Å². The van der Waals surface area contributed by atoms with Crippen molar-refractivity contribution in [2.24, 2.45) is 0 Å². The summed E-state index contributed by atoms with van der Waals surface area (Å²) in [7, 11) is 1.24. The molecule has 0 radical (unpaired) electrons. The Morgan fingerprint density at radius 1 is 1.29 bits per heavy atom. The lowest BCUT2D eigenvalue weighted by Gasteiger charge is -2.09. The first kappa shape index (κ1) is 17.7. The number of ether oxygens (including phenoxy) is 1. The first-order valence-corrected chi connectivity index (χ1v) is 7.61. The van der Waals surface area contributed by atoms with Gasteiger partial charge >= 0.3 is 5.97 Å². The summed E-state index contributed by atoms with van der Waals surface area (Å²) < 4.78 is 5.86. The molecule has 0 atom stereocenters. The first-order chi connectivity index (χ1) is 11.5. The van der Waals surface area contributed by atoms with E-state index in [1.807, 2.05) is 6.92 Å². The number of halogens is 1. The molecule has 1 heterocycles. The molecule has 7 nitrogen and oxygen atoms in total. The number of aromatic nitrogens is 2. The second-order valence-corrected chi connectivity index (χ2v) is 5.33. The largest absolute Gasteiger partial charge is 0.465 e. The monoisotopic (exact) mass is 349 g/mol. The number of rotatable bonds is 5. The van der Waals surface area contributed by atoms with Gasteiger partial charge < -0.3 is 10.1 Å². The molecule has 0 bridgehead atoms. The van der Waals surface area contributed by atoms with Crippen molar-refractivity contribution in [3.8, 4) is 0 Å². The van der Waals surface area contributed by atoms with E-state index in [9.17, 15) is 14.4 Å². The quantitative estimate of drug-likeness (QED) is 0.837. The zero-order valence-corrected chi connectivity index (χ0v) is 14.0. The van der Waals surface area contributed by atoms with Gasteiger partial charge in [-0.3, -0.25) is 9.59 Å². The van der Waals surface area contributed by atoms with Gasteiger partial charge in [0, 0.05) is 18.3 Å². The van der Waals surface area contributed by atoms with E-state index in [4.69, 9.17) is 11.6 Å². The molecule has 1 N–H and O–H groups in total. The maximum absolute atomic E-state index is 12.3. The molecular weight excluding hydrogens is 334 g/mol. The summed E-state index contributed by atoms with van der Waals surface area (Å²) in [4.78, 5) is 35.5. The fourth-order valence-corrected chi connectivity index (χ4v) is 2.20. The van der Waals surface area contributed by atoms with Crippen molar-refractivity contribution in [1.29, 1.82) is 0 Å². The standard InChI is InChI=1S/C16H16ClN3O4/c1-3-8-20-14(21)7-6-13(19-20)15(22)18-10-4-5-12(17)11(9-10)16(23)24-2/h4-7,9H,3,8H2,1-2H3,(H,18,22). The molecule has 126 valence electrons. The Bertz CT molecular complexity index is 832. The number of esters is 1. The lowest BCUT2D eigenvalue weighted by molar-refractivity contribution is 0.0600. The number of carbonyl (C=O) groups is 2.